The van der Waals surface area contributed by atoms with Crippen LogP contribution in [-0.2, 0) is 9.59 Å². The smallest absolute Gasteiger partial charge is 0.233 e. The van der Waals surface area contributed by atoms with Crippen molar-refractivity contribution in [3.8, 4) is 5.75 Å². The number of hydrogen-bond donors (Lipinski definition) is 3. The third-order valence-electron chi connectivity index (χ3n) is 6.20. The predicted octanol–water partition coefficient (Wildman–Crippen LogP) is 4.61. The summed E-state index contributed by atoms with van der Waals surface area (Å²) >= 11 is 0. The van der Waals surface area contributed by atoms with Gasteiger partial charge in [0.15, 0.2) is 5.78 Å². The van der Waals surface area contributed by atoms with Gasteiger partial charge in [0.25, 0.3) is 0 Å². The normalized spacial score (nSPS) is 19.8. The van der Waals surface area contributed by atoms with Crippen molar-refractivity contribution >= 4 is 23.3 Å². The predicted molar refractivity (Wildman–Crippen MR) is 120 cm³/mol. The molecular formula is C25H23N3O4. The molecule has 32 heavy (non-hydrogen) atoms. The van der Waals surface area contributed by atoms with Crippen LogP contribution in [0.5, 0.6) is 5.75 Å². The molecule has 162 valence electrons. The summed E-state index contributed by atoms with van der Waals surface area (Å²) < 4.78 is 5.55. The fraction of sp³-hybridized carbons (Fsp3) is 0.240. The average molecular weight is 429 g/mol. The number of para-hydroxylation sites is 1. The molecule has 5 rings (SSSR count). The van der Waals surface area contributed by atoms with Crippen molar-refractivity contribution in [3.63, 3.8) is 0 Å². The summed E-state index contributed by atoms with van der Waals surface area (Å²) in [4.78, 5) is 24.8. The number of carbonyl (C=O) groups excluding carboxylic acids is 2. The summed E-state index contributed by atoms with van der Waals surface area (Å²) in [5, 5.41) is 20.5. The highest BCUT2D eigenvalue weighted by atomic mass is 16.5. The lowest BCUT2D eigenvalue weighted by Crippen LogP contribution is -2.29. The molecule has 0 radical (unpaired) electrons. The number of aromatic nitrogens is 1. The minimum Gasteiger partial charge on any atom is -0.508 e. The third-order valence-corrected chi connectivity index (χ3v) is 6.20. The number of benzene rings is 2. The minimum atomic E-state index is -0.309. The largest absolute Gasteiger partial charge is 0.508 e. The van der Waals surface area contributed by atoms with Gasteiger partial charge in [0, 0.05) is 42.1 Å². The number of allylic oxidation sites excluding steroid dienone is 2. The van der Waals surface area contributed by atoms with Gasteiger partial charge in [-0.1, -0.05) is 35.5 Å². The molecule has 0 unspecified atom stereocenters. The first-order valence-electron chi connectivity index (χ1n) is 10.6. The molecule has 0 spiro atoms. The van der Waals surface area contributed by atoms with E-state index in [0.29, 0.717) is 30.0 Å². The van der Waals surface area contributed by atoms with E-state index in [1.165, 1.54) is 6.92 Å². The Morgan fingerprint density at radius 3 is 2.62 bits per heavy atom. The number of phenolic OH excluding ortho intramolecular Hbond substituents is 1. The second-order valence-electron chi connectivity index (χ2n) is 8.35. The summed E-state index contributed by atoms with van der Waals surface area (Å²) in [5.41, 5.74) is 5.48. The van der Waals surface area contributed by atoms with E-state index in [1.807, 2.05) is 43.3 Å². The number of anilines is 2. The quantitative estimate of drug-likeness (QED) is 0.562. The van der Waals surface area contributed by atoms with Crippen LogP contribution in [0, 0.1) is 6.92 Å². The monoisotopic (exact) mass is 429 g/mol. The van der Waals surface area contributed by atoms with E-state index in [2.05, 4.69) is 15.8 Å². The van der Waals surface area contributed by atoms with Crippen LogP contribution in [0.1, 0.15) is 54.0 Å². The molecule has 7 heteroatoms. The lowest BCUT2D eigenvalue weighted by Gasteiger charge is -2.34. The Morgan fingerprint density at radius 2 is 1.91 bits per heavy atom. The molecule has 2 atom stereocenters. The van der Waals surface area contributed by atoms with Crippen LogP contribution in [0.4, 0.5) is 11.6 Å². The van der Waals surface area contributed by atoms with Crippen LogP contribution >= 0.6 is 0 Å². The van der Waals surface area contributed by atoms with E-state index in [4.69, 9.17) is 4.52 Å². The van der Waals surface area contributed by atoms with Crippen molar-refractivity contribution in [3.05, 3.63) is 82.2 Å². The lowest BCUT2D eigenvalue weighted by atomic mass is 9.72. The Balaban J connectivity index is 1.58. The van der Waals surface area contributed by atoms with Gasteiger partial charge >= 0.3 is 0 Å². The topological polar surface area (TPSA) is 104 Å². The van der Waals surface area contributed by atoms with Crippen LogP contribution in [-0.4, -0.2) is 22.0 Å². The maximum atomic E-state index is 13.5. The van der Waals surface area contributed by atoms with Crippen molar-refractivity contribution in [1.82, 2.24) is 5.16 Å². The van der Waals surface area contributed by atoms with E-state index in [9.17, 15) is 14.7 Å². The van der Waals surface area contributed by atoms with Crippen molar-refractivity contribution < 1.29 is 19.2 Å². The molecule has 3 aromatic rings. The molecule has 1 aliphatic carbocycles. The summed E-state index contributed by atoms with van der Waals surface area (Å²) in [5.74, 6) is 0.211. The number of rotatable bonds is 3. The van der Waals surface area contributed by atoms with Gasteiger partial charge in [0.05, 0.1) is 11.3 Å². The molecule has 0 fully saturated rings. The molecule has 0 saturated heterocycles. The Kier molecular flexibility index (Phi) is 4.81. The van der Waals surface area contributed by atoms with E-state index >= 15 is 0 Å². The van der Waals surface area contributed by atoms with Crippen LogP contribution in [0.2, 0.25) is 0 Å². The minimum absolute atomic E-state index is 0.0363. The number of hydrogen-bond acceptors (Lipinski definition) is 6. The second-order valence-corrected chi connectivity index (χ2v) is 8.35. The molecule has 7 nitrogen and oxygen atoms in total. The molecule has 1 amide bonds. The van der Waals surface area contributed by atoms with Crippen molar-refractivity contribution in [2.24, 2.45) is 0 Å². The van der Waals surface area contributed by atoms with Gasteiger partial charge in [-0.15, -0.1) is 0 Å². The van der Waals surface area contributed by atoms with E-state index in [-0.39, 0.29) is 29.3 Å². The lowest BCUT2D eigenvalue weighted by molar-refractivity contribution is -0.116. The van der Waals surface area contributed by atoms with Gasteiger partial charge in [0.2, 0.25) is 11.8 Å². The molecule has 2 heterocycles. The zero-order valence-corrected chi connectivity index (χ0v) is 17.8. The summed E-state index contributed by atoms with van der Waals surface area (Å²) in [6.07, 6.45) is 0.899. The van der Waals surface area contributed by atoms with Gasteiger partial charge in [-0.2, -0.15) is 0 Å². The number of phenols is 1. The molecule has 2 aliphatic rings. The van der Waals surface area contributed by atoms with Crippen LogP contribution in [0.15, 0.2) is 64.3 Å². The number of amides is 1. The first-order chi connectivity index (χ1) is 15.4. The SMILES string of the molecule is CC(=O)Nc1ccc([C@H]2C3=C(C[C@@H](c4ccccc4O)CC3=O)Nc3onc(C)c32)cc1. The molecule has 2 aromatic carbocycles. The zero-order valence-electron chi connectivity index (χ0n) is 17.8. The molecule has 3 N–H and O–H groups in total. The number of carbonyl (C=O) groups is 2. The number of nitrogens with zero attached hydrogens (tertiary/aromatic N) is 1. The maximum absolute atomic E-state index is 13.5. The summed E-state index contributed by atoms with van der Waals surface area (Å²) in [6, 6.07) is 14.7. The van der Waals surface area contributed by atoms with Gasteiger partial charge in [-0.3, -0.25) is 9.59 Å². The van der Waals surface area contributed by atoms with E-state index in [0.717, 1.165) is 28.1 Å². The summed E-state index contributed by atoms with van der Waals surface area (Å²) in [7, 11) is 0. The fourth-order valence-corrected chi connectivity index (χ4v) is 4.82. The highest BCUT2D eigenvalue weighted by Gasteiger charge is 2.41. The number of ketones is 1. The molecular weight excluding hydrogens is 406 g/mol. The van der Waals surface area contributed by atoms with Crippen molar-refractivity contribution in [2.75, 3.05) is 10.6 Å². The highest BCUT2D eigenvalue weighted by Crippen LogP contribution is 2.49. The molecule has 0 bridgehead atoms. The first-order valence-corrected chi connectivity index (χ1v) is 10.6. The third kappa shape index (κ3) is 3.36. The number of aryl methyl sites for hydroxylation is 1. The second kappa shape index (κ2) is 7.67. The molecule has 0 saturated carbocycles. The first kappa shape index (κ1) is 20.1. The highest BCUT2D eigenvalue weighted by molar-refractivity contribution is 6.01. The Hall–Kier alpha value is -3.87. The van der Waals surface area contributed by atoms with Crippen molar-refractivity contribution in [2.45, 2.75) is 38.5 Å². The maximum Gasteiger partial charge on any atom is 0.233 e. The number of fused-ring (bicyclic) bond motifs is 1. The number of aromatic hydroxyl groups is 1. The Morgan fingerprint density at radius 1 is 1.16 bits per heavy atom. The van der Waals surface area contributed by atoms with Crippen LogP contribution in [0.3, 0.4) is 0 Å². The number of Topliss-reactive ketones (excluding diaryl/α,β-unsaturated/α-hetero) is 1. The van der Waals surface area contributed by atoms with Crippen molar-refractivity contribution in [1.29, 1.82) is 0 Å². The molecule has 1 aliphatic heterocycles. The molecule has 1 aromatic heterocycles. The number of nitrogens with one attached hydrogen (secondary N) is 2. The Bertz CT molecular complexity index is 1260. The van der Waals surface area contributed by atoms with Gasteiger partial charge in [0.1, 0.15) is 5.75 Å². The standard InChI is InChI=1S/C25H23N3O4/c1-13-22-23(15-7-9-17(10-8-15)26-14(2)29)24-19(27-25(22)32-28-13)11-16(12-21(24)31)18-5-3-4-6-20(18)30/h3-10,16,23,27,30H,11-12H2,1-2H3,(H,26,29)/t16-,23-/m1/s1. The summed E-state index contributed by atoms with van der Waals surface area (Å²) in [6.45, 7) is 3.33. The van der Waals surface area contributed by atoms with E-state index in [1.54, 1.807) is 12.1 Å². The zero-order chi connectivity index (χ0) is 22.4. The Labute approximate surface area is 185 Å². The van der Waals surface area contributed by atoms with Crippen LogP contribution < -0.4 is 10.6 Å². The van der Waals surface area contributed by atoms with Crippen LogP contribution in [0.25, 0.3) is 0 Å². The fourth-order valence-electron chi connectivity index (χ4n) is 4.82. The average Bonchev–Trinajstić information content (AvgIpc) is 3.13. The van der Waals surface area contributed by atoms with Gasteiger partial charge < -0.3 is 20.3 Å². The van der Waals surface area contributed by atoms with Gasteiger partial charge in [-0.25, -0.2) is 0 Å². The van der Waals surface area contributed by atoms with E-state index < -0.39 is 0 Å². The van der Waals surface area contributed by atoms with Gasteiger partial charge in [-0.05, 0) is 42.7 Å².